The number of hydrogen-bond acceptors (Lipinski definition) is 8. The molecule has 0 atom stereocenters. The Morgan fingerprint density at radius 2 is 1.86 bits per heavy atom. The maximum Gasteiger partial charge on any atom is 0.274 e. The number of amides is 1. The average molecular weight is 490 g/mol. The largest absolute Gasteiger partial charge is 0.399 e. The summed E-state index contributed by atoms with van der Waals surface area (Å²) in [6, 6.07) is 10.4. The number of nitrogens with zero attached hydrogens (tertiary/aromatic N) is 7. The molecule has 1 amide bonds. The van der Waals surface area contributed by atoms with Crippen molar-refractivity contribution in [3.63, 3.8) is 0 Å². The molecule has 12 heteroatoms. The topological polar surface area (TPSA) is 161 Å². The normalized spacial score (nSPS) is 15.2. The first-order valence-corrected chi connectivity index (χ1v) is 11.6. The number of H-pyrrole nitrogens is 1. The van der Waals surface area contributed by atoms with Gasteiger partial charge in [0.25, 0.3) is 17.4 Å². The number of carbonyl (C=O) groups is 1. The Balaban J connectivity index is 1.24. The van der Waals surface area contributed by atoms with Gasteiger partial charge in [0.15, 0.2) is 0 Å². The van der Waals surface area contributed by atoms with Crippen LogP contribution in [0.15, 0.2) is 47.4 Å². The van der Waals surface area contributed by atoms with Gasteiger partial charge in [-0.25, -0.2) is 14.6 Å². The summed E-state index contributed by atoms with van der Waals surface area (Å²) >= 11 is 0. The van der Waals surface area contributed by atoms with Crippen molar-refractivity contribution in [3.8, 4) is 17.2 Å². The van der Waals surface area contributed by atoms with Gasteiger partial charge < -0.3 is 15.7 Å². The Kier molecular flexibility index (Phi) is 5.88. The Morgan fingerprint density at radius 3 is 2.56 bits per heavy atom. The SMILES string of the molecule is Cc1cc(C)nc(-n2[nH]c(C(=O)N3CCC(O)(Cn4cc(-c5cccc(N)c5)nn4)CC3)cc2=O)n1. The first kappa shape index (κ1) is 23.4. The zero-order valence-corrected chi connectivity index (χ0v) is 20.0. The van der Waals surface area contributed by atoms with E-state index in [0.29, 0.717) is 37.3 Å². The van der Waals surface area contributed by atoms with Gasteiger partial charge in [-0.2, -0.15) is 4.68 Å². The Hall–Kier alpha value is -4.32. The van der Waals surface area contributed by atoms with Crippen LogP contribution in [0, 0.1) is 13.8 Å². The van der Waals surface area contributed by atoms with Crippen molar-refractivity contribution in [2.75, 3.05) is 18.8 Å². The number of nitrogen functional groups attached to an aromatic ring is 1. The van der Waals surface area contributed by atoms with Crippen molar-refractivity contribution in [1.82, 2.24) is 39.6 Å². The first-order chi connectivity index (χ1) is 17.2. The molecule has 1 fully saturated rings. The number of nitrogens with one attached hydrogen (secondary N) is 1. The van der Waals surface area contributed by atoms with Gasteiger partial charge in [-0.3, -0.25) is 14.7 Å². The molecule has 1 aliphatic heterocycles. The van der Waals surface area contributed by atoms with E-state index in [4.69, 9.17) is 5.73 Å². The van der Waals surface area contributed by atoms with Crippen molar-refractivity contribution in [1.29, 1.82) is 0 Å². The highest BCUT2D eigenvalue weighted by atomic mass is 16.3. The first-order valence-electron chi connectivity index (χ1n) is 11.6. The van der Waals surface area contributed by atoms with E-state index in [1.807, 2.05) is 32.0 Å². The van der Waals surface area contributed by atoms with Crippen LogP contribution in [-0.2, 0) is 6.54 Å². The van der Waals surface area contributed by atoms with Crippen LogP contribution >= 0.6 is 0 Å². The molecular weight excluding hydrogens is 462 g/mol. The van der Waals surface area contributed by atoms with Crippen molar-refractivity contribution < 1.29 is 9.90 Å². The van der Waals surface area contributed by atoms with E-state index in [2.05, 4.69) is 25.4 Å². The van der Waals surface area contributed by atoms with Gasteiger partial charge in [0.1, 0.15) is 11.4 Å². The maximum atomic E-state index is 13.1. The third kappa shape index (κ3) is 4.75. The van der Waals surface area contributed by atoms with Gasteiger partial charge in [0.05, 0.1) is 18.3 Å². The summed E-state index contributed by atoms with van der Waals surface area (Å²) in [7, 11) is 0. The molecule has 1 aromatic carbocycles. The van der Waals surface area contributed by atoms with Gasteiger partial charge in [-0.1, -0.05) is 17.3 Å². The van der Waals surface area contributed by atoms with Crippen LogP contribution in [0.1, 0.15) is 34.7 Å². The predicted octanol–water partition coefficient (Wildman–Crippen LogP) is 1.08. The monoisotopic (exact) mass is 489 g/mol. The Morgan fingerprint density at radius 1 is 1.14 bits per heavy atom. The summed E-state index contributed by atoms with van der Waals surface area (Å²) < 4.78 is 2.77. The molecule has 0 spiro atoms. The van der Waals surface area contributed by atoms with Crippen molar-refractivity contribution in [2.24, 2.45) is 0 Å². The minimum absolute atomic E-state index is 0.149. The molecule has 1 saturated heterocycles. The summed E-state index contributed by atoms with van der Waals surface area (Å²) in [6.45, 7) is 4.54. The second-order valence-corrected chi connectivity index (χ2v) is 9.24. The van der Waals surface area contributed by atoms with E-state index in [1.54, 1.807) is 27.9 Å². The molecule has 0 aliphatic carbocycles. The number of likely N-dealkylation sites (tertiary alicyclic amines) is 1. The maximum absolute atomic E-state index is 13.1. The molecule has 4 aromatic rings. The molecule has 12 nitrogen and oxygen atoms in total. The van der Waals surface area contributed by atoms with E-state index < -0.39 is 11.2 Å². The predicted molar refractivity (Wildman–Crippen MR) is 131 cm³/mol. The lowest BCUT2D eigenvalue weighted by Gasteiger charge is -2.37. The molecule has 0 bridgehead atoms. The summed E-state index contributed by atoms with van der Waals surface area (Å²) in [5, 5.41) is 22.3. The quantitative estimate of drug-likeness (QED) is 0.351. The van der Waals surface area contributed by atoms with Gasteiger partial charge in [0.2, 0.25) is 0 Å². The number of rotatable bonds is 5. The molecule has 186 valence electrons. The van der Waals surface area contributed by atoms with Crippen molar-refractivity contribution >= 4 is 11.6 Å². The molecule has 0 saturated carbocycles. The van der Waals surface area contributed by atoms with Crippen LogP contribution in [0.4, 0.5) is 5.69 Å². The minimum Gasteiger partial charge on any atom is -0.399 e. The molecule has 4 N–H and O–H groups in total. The number of nitrogens with two attached hydrogens (primary N) is 1. The summed E-state index contributed by atoms with van der Waals surface area (Å²) in [5.41, 5.74) is 8.13. The second-order valence-electron chi connectivity index (χ2n) is 9.24. The highest BCUT2D eigenvalue weighted by Crippen LogP contribution is 2.26. The van der Waals surface area contributed by atoms with Crippen molar-refractivity contribution in [2.45, 2.75) is 38.8 Å². The van der Waals surface area contributed by atoms with E-state index in [0.717, 1.165) is 21.6 Å². The van der Waals surface area contributed by atoms with Crippen LogP contribution in [-0.4, -0.2) is 69.3 Å². The van der Waals surface area contributed by atoms with Gasteiger partial charge in [-0.15, -0.1) is 5.10 Å². The highest BCUT2D eigenvalue weighted by Gasteiger charge is 2.35. The highest BCUT2D eigenvalue weighted by molar-refractivity contribution is 5.92. The number of benzene rings is 1. The number of aryl methyl sites for hydroxylation is 2. The van der Waals surface area contributed by atoms with Gasteiger partial charge in [-0.05, 0) is 44.9 Å². The fourth-order valence-electron chi connectivity index (χ4n) is 4.42. The summed E-state index contributed by atoms with van der Waals surface area (Å²) in [4.78, 5) is 35.7. The zero-order chi connectivity index (χ0) is 25.4. The molecular formula is C24H27N9O3. The van der Waals surface area contributed by atoms with E-state index in [1.165, 1.54) is 6.07 Å². The number of piperidine rings is 1. The second kappa shape index (κ2) is 9.04. The average Bonchev–Trinajstić information content (AvgIpc) is 3.45. The number of aliphatic hydroxyl groups is 1. The van der Waals surface area contributed by atoms with Crippen LogP contribution in [0.2, 0.25) is 0 Å². The number of anilines is 1. The standard InChI is InChI=1S/C24H27N9O3/c1-15-10-16(2)27-23(26-15)33-21(34)12-19(29-33)22(35)31-8-6-24(36,7-9-31)14-32-13-20(28-30-32)17-4-3-5-18(25)11-17/h3-5,10-13,29,36H,6-9,14,25H2,1-2H3. The molecule has 0 unspecified atom stereocenters. The number of hydrogen-bond donors (Lipinski definition) is 3. The lowest BCUT2D eigenvalue weighted by atomic mass is 9.91. The van der Waals surface area contributed by atoms with E-state index in [-0.39, 0.29) is 24.1 Å². The lowest BCUT2D eigenvalue weighted by molar-refractivity contribution is -0.0319. The van der Waals surface area contributed by atoms with Gasteiger partial charge >= 0.3 is 0 Å². The smallest absolute Gasteiger partial charge is 0.274 e. The molecule has 1 aliphatic rings. The minimum atomic E-state index is -1.04. The van der Waals surface area contributed by atoms with Crippen LogP contribution < -0.4 is 11.3 Å². The van der Waals surface area contributed by atoms with Crippen LogP contribution in [0.25, 0.3) is 17.2 Å². The molecule has 4 heterocycles. The zero-order valence-electron chi connectivity index (χ0n) is 20.0. The summed E-state index contributed by atoms with van der Waals surface area (Å²) in [6.07, 6.45) is 2.49. The van der Waals surface area contributed by atoms with E-state index in [9.17, 15) is 14.7 Å². The molecule has 3 aromatic heterocycles. The Labute approximate surface area is 206 Å². The van der Waals surface area contributed by atoms with Crippen molar-refractivity contribution in [3.05, 3.63) is 70.0 Å². The fourth-order valence-corrected chi connectivity index (χ4v) is 4.42. The summed E-state index contributed by atoms with van der Waals surface area (Å²) in [5.74, 6) is -0.128. The van der Waals surface area contributed by atoms with E-state index >= 15 is 0 Å². The fraction of sp³-hybridized carbons (Fsp3) is 0.333. The number of carbonyl (C=O) groups excluding carboxylic acids is 1. The lowest BCUT2D eigenvalue weighted by Crippen LogP contribution is -2.48. The molecule has 5 rings (SSSR count). The molecule has 0 radical (unpaired) electrons. The number of aromatic nitrogens is 7. The third-order valence-corrected chi connectivity index (χ3v) is 6.28. The third-order valence-electron chi connectivity index (χ3n) is 6.28. The van der Waals surface area contributed by atoms with Gasteiger partial charge in [0, 0.05) is 41.8 Å². The number of aromatic amines is 1. The molecule has 36 heavy (non-hydrogen) atoms. The van der Waals surface area contributed by atoms with Crippen LogP contribution in [0.5, 0.6) is 0 Å². The van der Waals surface area contributed by atoms with Crippen LogP contribution in [0.3, 0.4) is 0 Å². The Bertz CT molecular complexity index is 1460.